The van der Waals surface area contributed by atoms with E-state index < -0.39 is 0 Å². The van der Waals surface area contributed by atoms with Crippen LogP contribution in [0.25, 0.3) is 0 Å². The van der Waals surface area contributed by atoms with E-state index in [2.05, 4.69) is 10.3 Å². The molecule has 2 atom stereocenters. The lowest BCUT2D eigenvalue weighted by Gasteiger charge is -2.22. The Morgan fingerprint density at radius 1 is 1.39 bits per heavy atom. The highest BCUT2D eigenvalue weighted by Gasteiger charge is 2.33. The maximum atomic E-state index is 12.2. The van der Waals surface area contributed by atoms with Crippen LogP contribution in [-0.2, 0) is 16.0 Å². The zero-order valence-corrected chi connectivity index (χ0v) is 14.8. The molecule has 0 saturated heterocycles. The Morgan fingerprint density at radius 2 is 2.09 bits per heavy atom. The second-order valence-corrected chi connectivity index (χ2v) is 7.32. The molecule has 0 spiro atoms. The zero-order chi connectivity index (χ0) is 17.1. The van der Waals surface area contributed by atoms with Gasteiger partial charge in [0.05, 0.1) is 16.5 Å². The minimum atomic E-state index is -0.351. The fourth-order valence-corrected chi connectivity index (χ4v) is 3.51. The molecule has 0 aromatic carbocycles. The number of ketones is 1. The van der Waals surface area contributed by atoms with E-state index in [1.54, 1.807) is 14.1 Å². The highest BCUT2D eigenvalue weighted by molar-refractivity contribution is 7.17. The minimum Gasteiger partial charge on any atom is -0.349 e. The molecule has 1 aliphatic carbocycles. The normalized spacial score (nSPS) is 18.3. The van der Waals surface area contributed by atoms with Crippen molar-refractivity contribution in [2.75, 3.05) is 19.4 Å². The minimum absolute atomic E-state index is 0.0562. The Kier molecular flexibility index (Phi) is 5.51. The van der Waals surface area contributed by atoms with Crippen molar-refractivity contribution in [1.82, 2.24) is 9.88 Å². The number of nitrogens with one attached hydrogen (secondary N) is 1. The number of aromatic nitrogens is 1. The third-order valence-electron chi connectivity index (χ3n) is 4.09. The van der Waals surface area contributed by atoms with E-state index in [0.29, 0.717) is 34.5 Å². The van der Waals surface area contributed by atoms with Crippen molar-refractivity contribution >= 4 is 34.1 Å². The van der Waals surface area contributed by atoms with Gasteiger partial charge in [0.15, 0.2) is 10.9 Å². The predicted octanol–water partition coefficient (Wildman–Crippen LogP) is 2.35. The molecule has 1 heterocycles. The van der Waals surface area contributed by atoms with Crippen molar-refractivity contribution in [3.63, 3.8) is 0 Å². The quantitative estimate of drug-likeness (QED) is 0.894. The number of nitrogens with zero attached hydrogens (tertiary/aromatic N) is 2. The summed E-state index contributed by atoms with van der Waals surface area (Å²) in [6.07, 6.45) is 2.05. The smallest absolute Gasteiger partial charge is 0.226 e. The molecule has 1 N–H and O–H groups in total. The maximum Gasteiger partial charge on any atom is 0.226 e. The molecule has 0 radical (unpaired) electrons. The van der Waals surface area contributed by atoms with E-state index in [1.807, 2.05) is 13.8 Å². The van der Waals surface area contributed by atoms with E-state index in [9.17, 15) is 14.4 Å². The highest BCUT2D eigenvalue weighted by atomic mass is 32.1. The van der Waals surface area contributed by atoms with Crippen molar-refractivity contribution in [1.29, 1.82) is 0 Å². The number of carbonyl (C=O) groups excluding carboxylic acids is 3. The van der Waals surface area contributed by atoms with E-state index in [-0.39, 0.29) is 29.9 Å². The third kappa shape index (κ3) is 4.16. The summed E-state index contributed by atoms with van der Waals surface area (Å²) in [5.74, 6) is -0.242. The fraction of sp³-hybridized carbons (Fsp3) is 0.625. The summed E-state index contributed by atoms with van der Waals surface area (Å²) in [5.41, 5.74) is 0.630. The van der Waals surface area contributed by atoms with Gasteiger partial charge < -0.3 is 10.2 Å². The van der Waals surface area contributed by atoms with Gasteiger partial charge in [0.25, 0.3) is 0 Å². The monoisotopic (exact) mass is 337 g/mol. The summed E-state index contributed by atoms with van der Waals surface area (Å²) in [4.78, 5) is 42.7. The van der Waals surface area contributed by atoms with E-state index >= 15 is 0 Å². The summed E-state index contributed by atoms with van der Waals surface area (Å²) in [7, 11) is 3.37. The van der Waals surface area contributed by atoms with Crippen LogP contribution in [-0.4, -0.2) is 41.6 Å². The first-order valence-electron chi connectivity index (χ1n) is 7.85. The Bertz CT molecular complexity index is 624. The number of rotatable bonds is 5. The van der Waals surface area contributed by atoms with E-state index in [1.165, 1.54) is 16.2 Å². The molecular weight excluding hydrogens is 314 g/mol. The first-order valence-corrected chi connectivity index (χ1v) is 8.67. The standard InChI is InChI=1S/C16H23N3O3S/c1-5-9(2)6-13(21)18-16-17-11-7-10(15(22)19(3)4)8-12(20)14(11)23-16/h9-10H,5-8H2,1-4H3,(H,17,18,21)/t9-,10-/m0/s1. The van der Waals surface area contributed by atoms with Crippen LogP contribution in [0.5, 0.6) is 0 Å². The van der Waals surface area contributed by atoms with Crippen molar-refractivity contribution < 1.29 is 14.4 Å². The van der Waals surface area contributed by atoms with Gasteiger partial charge >= 0.3 is 0 Å². The lowest BCUT2D eigenvalue weighted by molar-refractivity contribution is -0.133. The van der Waals surface area contributed by atoms with Crippen LogP contribution in [0.2, 0.25) is 0 Å². The lowest BCUT2D eigenvalue weighted by Crippen LogP contribution is -2.34. The number of hydrogen-bond acceptors (Lipinski definition) is 5. The molecule has 126 valence electrons. The average molecular weight is 337 g/mol. The van der Waals surface area contributed by atoms with Gasteiger partial charge in [-0.3, -0.25) is 14.4 Å². The molecule has 6 nitrogen and oxygen atoms in total. The number of thiazole rings is 1. The lowest BCUT2D eigenvalue weighted by atomic mass is 9.89. The van der Waals surface area contributed by atoms with E-state index in [0.717, 1.165) is 6.42 Å². The number of fused-ring (bicyclic) bond motifs is 1. The number of amides is 2. The topological polar surface area (TPSA) is 79.4 Å². The van der Waals surface area contributed by atoms with Crippen molar-refractivity contribution in [3.8, 4) is 0 Å². The van der Waals surface area contributed by atoms with Crippen molar-refractivity contribution in [2.45, 2.75) is 39.5 Å². The van der Waals surface area contributed by atoms with Crippen molar-refractivity contribution in [3.05, 3.63) is 10.6 Å². The summed E-state index contributed by atoms with van der Waals surface area (Å²) >= 11 is 1.21. The Balaban J connectivity index is 2.09. The third-order valence-corrected chi connectivity index (χ3v) is 5.14. The summed E-state index contributed by atoms with van der Waals surface area (Å²) in [5, 5.41) is 3.23. The Hall–Kier alpha value is -1.76. The maximum absolute atomic E-state index is 12.2. The number of Topliss-reactive ketones (excluding diaryl/α,β-unsaturated/α-hetero) is 1. The molecule has 0 unspecified atom stereocenters. The SMILES string of the molecule is CC[C@H](C)CC(=O)Nc1nc2c(s1)C(=O)C[C@@H](C(=O)N(C)C)C2. The number of carbonyl (C=O) groups is 3. The Morgan fingerprint density at radius 3 is 2.70 bits per heavy atom. The Labute approximate surface area is 140 Å². The predicted molar refractivity (Wildman–Crippen MR) is 89.7 cm³/mol. The van der Waals surface area contributed by atoms with Crippen LogP contribution in [0.4, 0.5) is 5.13 Å². The first-order chi connectivity index (χ1) is 10.8. The van der Waals surface area contributed by atoms with E-state index in [4.69, 9.17) is 0 Å². The van der Waals surface area contributed by atoms with Gasteiger partial charge in [0.2, 0.25) is 11.8 Å². The van der Waals surface area contributed by atoms with Crippen molar-refractivity contribution in [2.24, 2.45) is 11.8 Å². The molecule has 0 aliphatic heterocycles. The largest absolute Gasteiger partial charge is 0.349 e. The molecule has 7 heteroatoms. The molecule has 1 aromatic heterocycles. The molecule has 0 saturated carbocycles. The molecule has 0 fully saturated rings. The van der Waals surface area contributed by atoms with Crippen LogP contribution in [0.1, 0.15) is 48.5 Å². The van der Waals surface area contributed by atoms with Crippen LogP contribution >= 0.6 is 11.3 Å². The molecule has 23 heavy (non-hydrogen) atoms. The summed E-state index contributed by atoms with van der Waals surface area (Å²) < 4.78 is 0. The molecule has 0 bridgehead atoms. The molecule has 1 aromatic rings. The second-order valence-electron chi connectivity index (χ2n) is 6.32. The molecule has 1 aliphatic rings. The van der Waals surface area contributed by atoms with Crippen LogP contribution in [0.3, 0.4) is 0 Å². The molecular formula is C16H23N3O3S. The summed E-state index contributed by atoms with van der Waals surface area (Å²) in [6, 6.07) is 0. The van der Waals surface area contributed by atoms with Gasteiger partial charge in [0, 0.05) is 33.4 Å². The zero-order valence-electron chi connectivity index (χ0n) is 14.0. The number of anilines is 1. The van der Waals surface area contributed by atoms with Gasteiger partial charge in [-0.1, -0.05) is 31.6 Å². The van der Waals surface area contributed by atoms with Crippen LogP contribution in [0.15, 0.2) is 0 Å². The molecule has 2 rings (SSSR count). The molecule has 2 amide bonds. The van der Waals surface area contributed by atoms with Gasteiger partial charge in [0.1, 0.15) is 0 Å². The second kappa shape index (κ2) is 7.21. The van der Waals surface area contributed by atoms with Crippen LogP contribution < -0.4 is 5.32 Å². The van der Waals surface area contributed by atoms with Crippen LogP contribution in [0, 0.1) is 11.8 Å². The van der Waals surface area contributed by atoms with Gasteiger partial charge in [-0.25, -0.2) is 4.98 Å². The van der Waals surface area contributed by atoms with Gasteiger partial charge in [-0.15, -0.1) is 0 Å². The number of hydrogen-bond donors (Lipinski definition) is 1. The average Bonchev–Trinajstić information content (AvgIpc) is 2.88. The highest BCUT2D eigenvalue weighted by Crippen LogP contribution is 2.33. The first kappa shape index (κ1) is 17.6. The van der Waals surface area contributed by atoms with Gasteiger partial charge in [-0.05, 0) is 5.92 Å². The van der Waals surface area contributed by atoms with Gasteiger partial charge in [-0.2, -0.15) is 0 Å². The summed E-state index contributed by atoms with van der Waals surface area (Å²) in [6.45, 7) is 4.06. The fourth-order valence-electron chi connectivity index (χ4n) is 2.55.